The molecule has 0 aliphatic rings. The van der Waals surface area contributed by atoms with Crippen molar-refractivity contribution >= 4 is 23.3 Å². The summed E-state index contributed by atoms with van der Waals surface area (Å²) in [5, 5.41) is 5.43. The van der Waals surface area contributed by atoms with Gasteiger partial charge in [0.15, 0.2) is 0 Å². The van der Waals surface area contributed by atoms with Crippen LogP contribution in [-0.4, -0.2) is 51.1 Å². The first-order chi connectivity index (χ1) is 10.4. The number of hydrogen-bond donors (Lipinski definition) is 2. The fourth-order valence-corrected chi connectivity index (χ4v) is 2.05. The minimum absolute atomic E-state index is 0.0776. The first-order valence-corrected chi connectivity index (χ1v) is 7.44. The molecule has 0 unspecified atom stereocenters. The zero-order valence-corrected chi connectivity index (χ0v) is 14.0. The maximum atomic E-state index is 12.2. The molecule has 122 valence electrons. The van der Waals surface area contributed by atoms with Gasteiger partial charge in [0.05, 0.1) is 5.92 Å². The van der Waals surface area contributed by atoms with E-state index in [4.69, 9.17) is 0 Å². The number of urea groups is 1. The second-order valence-corrected chi connectivity index (χ2v) is 5.39. The zero-order valence-electron chi connectivity index (χ0n) is 14.0. The SMILES string of the molecule is CCN(C)c1cccc(NC(=O)N(C)C[C@@H](C)C(=O)NC)c1. The molecule has 0 saturated heterocycles. The average molecular weight is 306 g/mol. The summed E-state index contributed by atoms with van der Waals surface area (Å²) in [7, 11) is 5.27. The average Bonchev–Trinajstić information content (AvgIpc) is 2.53. The van der Waals surface area contributed by atoms with Crippen LogP contribution in [-0.2, 0) is 4.79 Å². The van der Waals surface area contributed by atoms with Crippen LogP contribution < -0.4 is 15.5 Å². The van der Waals surface area contributed by atoms with E-state index < -0.39 is 0 Å². The van der Waals surface area contributed by atoms with Crippen LogP contribution in [0.1, 0.15) is 13.8 Å². The van der Waals surface area contributed by atoms with Gasteiger partial charge in [0, 0.05) is 45.6 Å². The second-order valence-electron chi connectivity index (χ2n) is 5.39. The third kappa shape index (κ3) is 4.95. The van der Waals surface area contributed by atoms with E-state index in [-0.39, 0.29) is 17.9 Å². The van der Waals surface area contributed by atoms with Crippen LogP contribution in [0.15, 0.2) is 24.3 Å². The van der Waals surface area contributed by atoms with Crippen LogP contribution >= 0.6 is 0 Å². The normalized spacial score (nSPS) is 11.5. The molecule has 0 aromatic heterocycles. The van der Waals surface area contributed by atoms with Gasteiger partial charge in [-0.2, -0.15) is 0 Å². The first kappa shape index (κ1) is 17.8. The number of benzene rings is 1. The summed E-state index contributed by atoms with van der Waals surface area (Å²) in [4.78, 5) is 27.3. The topological polar surface area (TPSA) is 64.7 Å². The Morgan fingerprint density at radius 2 is 1.95 bits per heavy atom. The predicted octanol–water partition coefficient (Wildman–Crippen LogP) is 1.99. The molecule has 1 rings (SSSR count). The van der Waals surface area contributed by atoms with Gasteiger partial charge in [-0.1, -0.05) is 13.0 Å². The Morgan fingerprint density at radius 1 is 1.27 bits per heavy atom. The van der Waals surface area contributed by atoms with Gasteiger partial charge in [-0.05, 0) is 25.1 Å². The lowest BCUT2D eigenvalue weighted by molar-refractivity contribution is -0.124. The molecule has 0 heterocycles. The molecule has 0 bridgehead atoms. The Morgan fingerprint density at radius 3 is 2.55 bits per heavy atom. The van der Waals surface area contributed by atoms with Crippen molar-refractivity contribution in [2.45, 2.75) is 13.8 Å². The number of amides is 3. The standard InChI is InChI=1S/C16H26N4O2/c1-6-19(4)14-9-7-8-13(10-14)18-16(22)20(5)11-12(2)15(21)17-3/h7-10,12H,6,11H2,1-5H3,(H,17,21)(H,18,22)/t12-/m1/s1. The van der Waals surface area contributed by atoms with Gasteiger partial charge in [0.2, 0.25) is 5.91 Å². The van der Waals surface area contributed by atoms with Crippen LogP contribution in [0.2, 0.25) is 0 Å². The maximum Gasteiger partial charge on any atom is 0.321 e. The van der Waals surface area contributed by atoms with Crippen LogP contribution in [0.5, 0.6) is 0 Å². The Bertz CT molecular complexity index is 519. The molecule has 6 heteroatoms. The third-order valence-corrected chi connectivity index (χ3v) is 3.60. The van der Waals surface area contributed by atoms with E-state index in [1.807, 2.05) is 31.3 Å². The Kier molecular flexibility index (Phi) is 6.69. The van der Waals surface area contributed by atoms with Crippen LogP contribution in [0.4, 0.5) is 16.2 Å². The lowest BCUT2D eigenvalue weighted by atomic mass is 10.1. The summed E-state index contributed by atoms with van der Waals surface area (Å²) in [5.74, 6) is -0.329. The fraction of sp³-hybridized carbons (Fsp3) is 0.500. The van der Waals surface area contributed by atoms with Crippen molar-refractivity contribution in [2.24, 2.45) is 5.92 Å². The highest BCUT2D eigenvalue weighted by molar-refractivity contribution is 5.90. The molecule has 0 spiro atoms. The zero-order chi connectivity index (χ0) is 16.7. The summed E-state index contributed by atoms with van der Waals surface area (Å²) >= 11 is 0. The minimum atomic E-state index is -0.252. The number of nitrogens with zero attached hydrogens (tertiary/aromatic N) is 2. The summed E-state index contributed by atoms with van der Waals surface area (Å²) in [6.07, 6.45) is 0. The van der Waals surface area contributed by atoms with Crippen LogP contribution in [0.25, 0.3) is 0 Å². The number of nitrogens with one attached hydrogen (secondary N) is 2. The van der Waals surface area contributed by atoms with E-state index >= 15 is 0 Å². The minimum Gasteiger partial charge on any atom is -0.375 e. The van der Waals surface area contributed by atoms with E-state index in [0.29, 0.717) is 6.54 Å². The summed E-state index contributed by atoms with van der Waals surface area (Å²) < 4.78 is 0. The van der Waals surface area contributed by atoms with E-state index in [9.17, 15) is 9.59 Å². The van der Waals surface area contributed by atoms with Gasteiger partial charge in [-0.15, -0.1) is 0 Å². The number of rotatable bonds is 6. The van der Waals surface area contributed by atoms with Crippen molar-refractivity contribution < 1.29 is 9.59 Å². The highest BCUT2D eigenvalue weighted by Gasteiger charge is 2.17. The quantitative estimate of drug-likeness (QED) is 0.845. The van der Waals surface area contributed by atoms with Crippen molar-refractivity contribution in [2.75, 3.05) is 44.4 Å². The van der Waals surface area contributed by atoms with Crippen molar-refractivity contribution in [1.29, 1.82) is 0 Å². The molecule has 1 aromatic carbocycles. The molecule has 0 radical (unpaired) electrons. The molecule has 2 N–H and O–H groups in total. The molecular weight excluding hydrogens is 280 g/mol. The molecule has 0 fully saturated rings. The molecule has 1 aromatic rings. The van der Waals surface area contributed by atoms with Gasteiger partial charge in [0.25, 0.3) is 0 Å². The molecule has 0 aliphatic heterocycles. The summed E-state index contributed by atoms with van der Waals surface area (Å²) in [6, 6.07) is 7.45. The van der Waals surface area contributed by atoms with Crippen LogP contribution in [0, 0.1) is 5.92 Å². The molecule has 0 aliphatic carbocycles. The molecule has 6 nitrogen and oxygen atoms in total. The van der Waals surface area contributed by atoms with Gasteiger partial charge >= 0.3 is 6.03 Å². The molecule has 22 heavy (non-hydrogen) atoms. The fourth-order valence-electron chi connectivity index (χ4n) is 2.05. The van der Waals surface area contributed by atoms with Gasteiger partial charge in [0.1, 0.15) is 0 Å². The smallest absolute Gasteiger partial charge is 0.321 e. The lowest BCUT2D eigenvalue weighted by Crippen LogP contribution is -2.39. The second kappa shape index (κ2) is 8.26. The van der Waals surface area contributed by atoms with E-state index in [1.54, 1.807) is 21.0 Å². The predicted molar refractivity (Wildman–Crippen MR) is 90.3 cm³/mol. The Labute approximate surface area is 132 Å². The van der Waals surface area contributed by atoms with E-state index in [2.05, 4.69) is 22.5 Å². The molecule has 0 saturated carbocycles. The molecular formula is C16H26N4O2. The number of carbonyl (C=O) groups is 2. The highest BCUT2D eigenvalue weighted by Crippen LogP contribution is 2.18. The third-order valence-electron chi connectivity index (χ3n) is 3.60. The number of anilines is 2. The van der Waals surface area contributed by atoms with Crippen LogP contribution in [0.3, 0.4) is 0 Å². The molecule has 3 amide bonds. The number of hydrogen-bond acceptors (Lipinski definition) is 3. The van der Waals surface area contributed by atoms with E-state index in [0.717, 1.165) is 17.9 Å². The van der Waals surface area contributed by atoms with Crippen molar-refractivity contribution in [1.82, 2.24) is 10.2 Å². The van der Waals surface area contributed by atoms with Crippen molar-refractivity contribution in [3.63, 3.8) is 0 Å². The summed E-state index contributed by atoms with van der Waals surface area (Å²) in [6.45, 7) is 5.11. The largest absolute Gasteiger partial charge is 0.375 e. The maximum absolute atomic E-state index is 12.2. The van der Waals surface area contributed by atoms with Gasteiger partial charge < -0.3 is 20.4 Å². The Balaban J connectivity index is 2.66. The highest BCUT2D eigenvalue weighted by atomic mass is 16.2. The Hall–Kier alpha value is -2.24. The monoisotopic (exact) mass is 306 g/mol. The lowest BCUT2D eigenvalue weighted by Gasteiger charge is -2.22. The first-order valence-electron chi connectivity index (χ1n) is 7.44. The van der Waals surface area contributed by atoms with Crippen molar-refractivity contribution in [3.8, 4) is 0 Å². The van der Waals surface area contributed by atoms with E-state index in [1.165, 1.54) is 4.90 Å². The van der Waals surface area contributed by atoms with Gasteiger partial charge in [-0.3, -0.25) is 4.79 Å². The molecule has 1 atom stereocenters. The number of carbonyl (C=O) groups excluding carboxylic acids is 2. The van der Waals surface area contributed by atoms with Crippen molar-refractivity contribution in [3.05, 3.63) is 24.3 Å². The summed E-state index contributed by atoms with van der Waals surface area (Å²) in [5.41, 5.74) is 1.78. The van der Waals surface area contributed by atoms with Gasteiger partial charge in [-0.25, -0.2) is 4.79 Å².